The molecule has 0 saturated heterocycles. The molecule has 1 aliphatic heterocycles. The maximum Gasteiger partial charge on any atom is 0.281 e. The molecule has 5 nitrogen and oxygen atoms in total. The smallest absolute Gasteiger partial charge is 0.281 e. The first-order chi connectivity index (χ1) is 11.7. The number of hydroxylamine groups is 2. The number of fused-ring (bicyclic) bond motifs is 1. The van der Waals surface area contributed by atoms with E-state index in [2.05, 4.69) is 12.2 Å². The maximum atomic E-state index is 12.3. The van der Waals surface area contributed by atoms with E-state index in [0.29, 0.717) is 12.2 Å². The average Bonchev–Trinajstić information content (AvgIpc) is 2.62. The Labute approximate surface area is 141 Å². The van der Waals surface area contributed by atoms with Crippen LogP contribution in [0.3, 0.4) is 0 Å². The molecule has 24 heavy (non-hydrogen) atoms. The van der Waals surface area contributed by atoms with Crippen LogP contribution in [-0.2, 0) is 0 Å². The second kappa shape index (κ2) is 7.36. The van der Waals surface area contributed by atoms with Crippen LogP contribution in [-0.4, -0.2) is 22.8 Å². The number of nitrogens with one attached hydrogen (secondary N) is 1. The van der Waals surface area contributed by atoms with Crippen molar-refractivity contribution in [3.63, 3.8) is 0 Å². The largest absolute Gasteiger partial charge is 0.494 e. The van der Waals surface area contributed by atoms with Crippen molar-refractivity contribution in [3.05, 3.63) is 59.7 Å². The van der Waals surface area contributed by atoms with Gasteiger partial charge >= 0.3 is 0 Å². The first kappa shape index (κ1) is 16.3. The summed E-state index contributed by atoms with van der Waals surface area (Å²) in [5.41, 5.74) is 1.98. The van der Waals surface area contributed by atoms with E-state index in [9.17, 15) is 10.0 Å². The number of unbranched alkanes of at least 4 members (excludes halogenated alkanes) is 2. The van der Waals surface area contributed by atoms with Crippen molar-refractivity contribution in [1.82, 2.24) is 5.06 Å². The molecule has 2 aromatic carbocycles. The van der Waals surface area contributed by atoms with E-state index in [0.717, 1.165) is 41.3 Å². The van der Waals surface area contributed by atoms with E-state index in [1.807, 2.05) is 36.4 Å². The fraction of sp³-hybridized carbons (Fsp3) is 0.316. The van der Waals surface area contributed by atoms with Crippen LogP contribution in [0.15, 0.2) is 48.5 Å². The molecule has 0 unspecified atom stereocenters. The first-order valence-corrected chi connectivity index (χ1v) is 8.31. The van der Waals surface area contributed by atoms with Crippen molar-refractivity contribution in [3.8, 4) is 5.75 Å². The van der Waals surface area contributed by atoms with Gasteiger partial charge in [-0.25, -0.2) is 0 Å². The van der Waals surface area contributed by atoms with Gasteiger partial charge in [0.05, 0.1) is 12.2 Å². The van der Waals surface area contributed by atoms with Gasteiger partial charge in [-0.1, -0.05) is 44.0 Å². The lowest BCUT2D eigenvalue weighted by Crippen LogP contribution is -2.40. The summed E-state index contributed by atoms with van der Waals surface area (Å²) in [6.45, 7) is 2.86. The standard InChI is InChI=1S/C19H22N2O3/c1-2-3-6-13-24-15-11-9-14(10-12-15)18-20-17-8-5-4-7-16(17)19(22)21(18)23/h4-5,7-12,18,20,23H,2-3,6,13H2,1H3/t18-/m1/s1. The number of carbonyl (C=O) groups excluding carboxylic acids is 1. The number of amides is 1. The van der Waals surface area contributed by atoms with Crippen LogP contribution in [0, 0.1) is 0 Å². The van der Waals surface area contributed by atoms with Crippen molar-refractivity contribution in [2.75, 3.05) is 11.9 Å². The molecule has 0 saturated carbocycles. The van der Waals surface area contributed by atoms with Crippen molar-refractivity contribution in [2.24, 2.45) is 0 Å². The number of benzene rings is 2. The third-order valence-corrected chi connectivity index (χ3v) is 4.11. The molecule has 0 spiro atoms. The van der Waals surface area contributed by atoms with E-state index < -0.39 is 12.1 Å². The predicted molar refractivity (Wildman–Crippen MR) is 92.2 cm³/mol. The van der Waals surface area contributed by atoms with Gasteiger partial charge in [-0.3, -0.25) is 10.0 Å². The highest BCUT2D eigenvalue weighted by atomic mass is 16.5. The van der Waals surface area contributed by atoms with Crippen molar-refractivity contribution < 1.29 is 14.7 Å². The number of hydrogen-bond donors (Lipinski definition) is 2. The topological polar surface area (TPSA) is 61.8 Å². The van der Waals surface area contributed by atoms with E-state index in [4.69, 9.17) is 4.74 Å². The Bertz CT molecular complexity index is 700. The summed E-state index contributed by atoms with van der Waals surface area (Å²) >= 11 is 0. The van der Waals surface area contributed by atoms with Crippen molar-refractivity contribution >= 4 is 11.6 Å². The molecule has 0 radical (unpaired) electrons. The van der Waals surface area contributed by atoms with Crippen LogP contribution in [0.1, 0.15) is 48.3 Å². The van der Waals surface area contributed by atoms with Crippen molar-refractivity contribution in [2.45, 2.75) is 32.4 Å². The lowest BCUT2D eigenvalue weighted by molar-refractivity contribution is -0.0851. The normalized spacial score (nSPS) is 16.5. The number of ether oxygens (including phenoxy) is 1. The third-order valence-electron chi connectivity index (χ3n) is 4.11. The molecule has 126 valence electrons. The fourth-order valence-corrected chi connectivity index (χ4v) is 2.76. The maximum absolute atomic E-state index is 12.3. The third kappa shape index (κ3) is 3.36. The van der Waals surface area contributed by atoms with Gasteiger partial charge in [0, 0.05) is 5.69 Å². The Balaban J connectivity index is 1.71. The number of anilines is 1. The van der Waals surface area contributed by atoms with Gasteiger partial charge in [-0.15, -0.1) is 0 Å². The minimum Gasteiger partial charge on any atom is -0.494 e. The molecule has 1 aliphatic rings. The molecule has 5 heteroatoms. The number of rotatable bonds is 6. The number of carbonyl (C=O) groups is 1. The highest BCUT2D eigenvalue weighted by molar-refractivity contribution is 6.00. The molecule has 2 N–H and O–H groups in total. The second-order valence-electron chi connectivity index (χ2n) is 5.87. The first-order valence-electron chi connectivity index (χ1n) is 8.31. The summed E-state index contributed by atoms with van der Waals surface area (Å²) in [7, 11) is 0. The summed E-state index contributed by atoms with van der Waals surface area (Å²) in [5, 5.41) is 14.1. The van der Waals surface area contributed by atoms with Gasteiger partial charge in [0.2, 0.25) is 0 Å². The second-order valence-corrected chi connectivity index (χ2v) is 5.87. The lowest BCUT2D eigenvalue weighted by Gasteiger charge is -2.33. The number of hydrogen-bond acceptors (Lipinski definition) is 4. The number of para-hydroxylation sites is 1. The Hall–Kier alpha value is -2.53. The van der Waals surface area contributed by atoms with E-state index in [-0.39, 0.29) is 0 Å². The minimum absolute atomic E-state index is 0.408. The fourth-order valence-electron chi connectivity index (χ4n) is 2.76. The van der Waals surface area contributed by atoms with Crippen molar-refractivity contribution in [1.29, 1.82) is 0 Å². The minimum atomic E-state index is -0.610. The Morgan fingerprint density at radius 1 is 1.12 bits per heavy atom. The molecule has 1 heterocycles. The van der Waals surface area contributed by atoms with Crippen LogP contribution in [0.5, 0.6) is 5.75 Å². The Morgan fingerprint density at radius 3 is 2.62 bits per heavy atom. The van der Waals surface area contributed by atoms with Crippen LogP contribution < -0.4 is 10.1 Å². The van der Waals surface area contributed by atoms with Crippen LogP contribution >= 0.6 is 0 Å². The molecule has 2 aromatic rings. The van der Waals surface area contributed by atoms with Gasteiger partial charge < -0.3 is 10.1 Å². The zero-order valence-corrected chi connectivity index (χ0v) is 13.7. The monoisotopic (exact) mass is 326 g/mol. The summed E-state index contributed by atoms with van der Waals surface area (Å²) in [5.74, 6) is 0.385. The summed E-state index contributed by atoms with van der Waals surface area (Å²) in [6, 6.07) is 14.6. The lowest BCUT2D eigenvalue weighted by atomic mass is 10.1. The van der Waals surface area contributed by atoms with E-state index in [1.165, 1.54) is 0 Å². The Morgan fingerprint density at radius 2 is 1.88 bits per heavy atom. The summed E-state index contributed by atoms with van der Waals surface area (Å²) < 4.78 is 5.69. The van der Waals surface area contributed by atoms with Gasteiger partial charge in [0.15, 0.2) is 6.17 Å². The van der Waals surface area contributed by atoms with Crippen LogP contribution in [0.25, 0.3) is 0 Å². The van der Waals surface area contributed by atoms with Crippen LogP contribution in [0.2, 0.25) is 0 Å². The van der Waals surface area contributed by atoms with Gasteiger partial charge in [0.25, 0.3) is 5.91 Å². The molecule has 1 amide bonds. The molecule has 0 aliphatic carbocycles. The predicted octanol–water partition coefficient (Wildman–Crippen LogP) is 4.21. The molecule has 0 bridgehead atoms. The molecular weight excluding hydrogens is 304 g/mol. The zero-order chi connectivity index (χ0) is 16.9. The van der Waals surface area contributed by atoms with Gasteiger partial charge in [-0.2, -0.15) is 5.06 Å². The zero-order valence-electron chi connectivity index (χ0n) is 13.7. The summed E-state index contributed by atoms with van der Waals surface area (Å²) in [6.07, 6.45) is 2.75. The Kier molecular flexibility index (Phi) is 5.01. The van der Waals surface area contributed by atoms with E-state index in [1.54, 1.807) is 12.1 Å². The SMILES string of the molecule is CCCCCOc1ccc([C@@H]2Nc3ccccc3C(=O)N2O)cc1. The molecule has 3 rings (SSSR count). The van der Waals surface area contributed by atoms with Gasteiger partial charge in [0.1, 0.15) is 5.75 Å². The summed E-state index contributed by atoms with van der Waals surface area (Å²) in [4.78, 5) is 12.3. The quantitative estimate of drug-likeness (QED) is 0.616. The average molecular weight is 326 g/mol. The molecule has 0 aromatic heterocycles. The highest BCUT2D eigenvalue weighted by Crippen LogP contribution is 2.32. The highest BCUT2D eigenvalue weighted by Gasteiger charge is 2.31. The van der Waals surface area contributed by atoms with Crippen LogP contribution in [0.4, 0.5) is 5.69 Å². The molecule has 0 fully saturated rings. The van der Waals surface area contributed by atoms with Gasteiger partial charge in [-0.05, 0) is 36.2 Å². The number of nitrogens with zero attached hydrogens (tertiary/aromatic N) is 1. The molecule has 1 atom stereocenters. The van der Waals surface area contributed by atoms with E-state index >= 15 is 0 Å². The molecular formula is C19H22N2O3.